The quantitative estimate of drug-likeness (QED) is 0.0162. The molecule has 0 radical (unpaired) electrons. The highest BCUT2D eigenvalue weighted by Gasteiger charge is 2.48. The maximum absolute atomic E-state index is 13.0. The normalized spacial score (nSPS) is 27.1. The highest BCUT2D eigenvalue weighted by atomic mass is 16.6. The molecule has 0 aromatic rings. The third-order valence-electron chi connectivity index (χ3n) is 22.4. The van der Waals surface area contributed by atoms with E-state index in [2.05, 4.69) is 158 Å². The van der Waals surface area contributed by atoms with Crippen molar-refractivity contribution in [3.8, 4) is 0 Å². The van der Waals surface area contributed by atoms with Crippen LogP contribution in [0.3, 0.4) is 0 Å². The smallest absolute Gasteiger partial charge is 0.407 e. The van der Waals surface area contributed by atoms with E-state index >= 15 is 0 Å². The van der Waals surface area contributed by atoms with E-state index in [1.165, 1.54) is 13.5 Å². The lowest BCUT2D eigenvalue weighted by atomic mass is 9.61. The molecule has 9 N–H and O–H groups in total. The van der Waals surface area contributed by atoms with Gasteiger partial charge in [-0.05, 0) is 204 Å². The average molecular weight is 1740 g/mol. The molecule has 5 fully saturated rings. The fourth-order valence-corrected chi connectivity index (χ4v) is 20.1. The fourth-order valence-electron chi connectivity index (χ4n) is 20.1. The summed E-state index contributed by atoms with van der Waals surface area (Å²) in [7, 11) is 1.44. The van der Waals surface area contributed by atoms with E-state index in [0.717, 1.165) is 57.1 Å². The summed E-state index contributed by atoms with van der Waals surface area (Å²) >= 11 is 0. The summed E-state index contributed by atoms with van der Waals surface area (Å²) < 4.78 is 63.7. The lowest BCUT2D eigenvalue weighted by molar-refractivity contribution is -0.156. The van der Waals surface area contributed by atoms with Crippen molar-refractivity contribution < 1.29 is 114 Å². The zero-order chi connectivity index (χ0) is 90.6. The monoisotopic (exact) mass is 1740 g/mol. The molecule has 5 rings (SSSR count). The summed E-state index contributed by atoms with van der Waals surface area (Å²) in [5, 5.41) is 25.6. The van der Waals surface area contributed by atoms with Crippen LogP contribution in [0, 0.1) is 60.1 Å². The number of rotatable bonds is 35. The van der Waals surface area contributed by atoms with Gasteiger partial charge in [0.2, 0.25) is 0 Å². The minimum Gasteiger partial charge on any atom is -0.459 e. The zero-order valence-electron chi connectivity index (χ0n) is 76.3. The van der Waals surface area contributed by atoms with E-state index in [0.29, 0.717) is 83.5 Å². The summed E-state index contributed by atoms with van der Waals surface area (Å²) in [4.78, 5) is 149. The first-order valence-corrected chi connectivity index (χ1v) is 42.5. The Balaban J connectivity index is 0.000000825. The molecule has 9 amide bonds. The lowest BCUT2D eigenvalue weighted by Gasteiger charge is -2.47. The number of alkyl carbamates (subject to hydrolysis) is 9. The Hall–Kier alpha value is -8.68. The molecule has 122 heavy (non-hydrogen) atoms. The molecule has 33 heteroatoms. The second-order valence-corrected chi connectivity index (χ2v) is 40.9. The molecule has 0 bridgehead atoms. The molecular formula is C89H157N9O24. The largest absolute Gasteiger partial charge is 0.459 e. The van der Waals surface area contributed by atoms with Crippen molar-refractivity contribution in [3.63, 3.8) is 0 Å². The van der Waals surface area contributed by atoms with Crippen LogP contribution in [-0.4, -0.2) is 206 Å². The minimum absolute atomic E-state index is 0. The lowest BCUT2D eigenvalue weighted by Crippen LogP contribution is -2.51. The first-order valence-electron chi connectivity index (χ1n) is 42.5. The third-order valence-corrected chi connectivity index (χ3v) is 22.4. The fraction of sp³-hybridized carbons (Fsp3) is 0.820. The van der Waals surface area contributed by atoms with Crippen LogP contribution < -0.4 is 47.9 Å². The van der Waals surface area contributed by atoms with E-state index in [4.69, 9.17) is 56.8 Å². The Morgan fingerprint density at radius 3 is 0.877 bits per heavy atom. The third kappa shape index (κ3) is 43.1. The number of ether oxygens (including phenoxy) is 12. The van der Waals surface area contributed by atoms with Gasteiger partial charge in [-0.25, -0.2) is 52.7 Å². The number of hydrogen-bond donors (Lipinski definition) is 9. The molecule has 16 atom stereocenters. The Kier molecular flexibility index (Phi) is 43.0. The Morgan fingerprint density at radius 1 is 0.320 bits per heavy atom. The molecule has 16 unspecified atom stereocenters. The second-order valence-electron chi connectivity index (χ2n) is 40.9. The van der Waals surface area contributed by atoms with Gasteiger partial charge in [0.05, 0.1) is 0 Å². The van der Waals surface area contributed by atoms with E-state index in [9.17, 15) is 57.5 Å². The second kappa shape index (κ2) is 48.0. The van der Waals surface area contributed by atoms with Crippen molar-refractivity contribution in [2.45, 2.75) is 337 Å². The van der Waals surface area contributed by atoms with Crippen LogP contribution in [0.4, 0.5) is 43.2 Å². The Labute approximate surface area is 727 Å². The molecule has 33 nitrogen and oxygen atoms in total. The van der Waals surface area contributed by atoms with Gasteiger partial charge in [-0.2, -0.15) is 0 Å². The van der Waals surface area contributed by atoms with Crippen molar-refractivity contribution in [2.75, 3.05) is 72.9 Å². The number of carbonyl (C=O) groups is 12. The highest BCUT2D eigenvalue weighted by Crippen LogP contribution is 2.52. The van der Waals surface area contributed by atoms with Gasteiger partial charge in [-0.1, -0.05) is 139 Å². The van der Waals surface area contributed by atoms with Crippen LogP contribution in [0.5, 0.6) is 0 Å². The molecule has 702 valence electrons. The average Bonchev–Trinajstić information content (AvgIpc) is 0.821. The number of nitrogens with one attached hydrogen (secondary N) is 9. The van der Waals surface area contributed by atoms with Crippen LogP contribution in [-0.2, 0) is 71.2 Å². The van der Waals surface area contributed by atoms with Crippen molar-refractivity contribution in [1.29, 1.82) is 0 Å². The van der Waals surface area contributed by atoms with Crippen molar-refractivity contribution >= 4 is 72.7 Å². The summed E-state index contributed by atoms with van der Waals surface area (Å²) in [6.45, 7) is 51.5. The van der Waals surface area contributed by atoms with Gasteiger partial charge >= 0.3 is 72.7 Å². The standard InChI is InChI=1S/C48H83N5O12.C39H66N4O12.2CH4/c1-15-37(54)60-22-32(3)63-40(57)51-30-48(14)21-36(19-45(10,11)27-48)53-42(59)65-34(5)24-62-39(56)50-29-47(13)20-35(18-44(8,9)26-47)52-41(58)64-33(4)23-61-38(55)49-28-46(12)17-31(2)16-43(6,7)25-46;1-12-30(44)50-19-25(2)53-31(45)13-14-38(9)17-28(15-36(5,6)22-38)42-34(48)52-21-27(4)55-35(49)43-29-16-37(7,8)23-39(10,18-29)24-41-33(47)51-20-26(3)54-32(46)40-11;;/h15,31-36H,1,16-30H2,2-14H3,(H,49,55)(H,50,56)(H,51,57)(H,52,58)(H,53,59);12,25-29H,1,13-24H2,2-11H3,(H,40,46)(H,41,47)(H,42,48)(H,43,49);2*1H4. The van der Waals surface area contributed by atoms with Crippen LogP contribution in [0.1, 0.15) is 276 Å². The first kappa shape index (κ1) is 109. The summed E-state index contributed by atoms with van der Waals surface area (Å²) in [6.07, 6.45) is 4.96. The number of amides is 9. The van der Waals surface area contributed by atoms with Crippen molar-refractivity contribution in [2.24, 2.45) is 60.1 Å². The highest BCUT2D eigenvalue weighted by molar-refractivity contribution is 5.81. The van der Waals surface area contributed by atoms with Crippen molar-refractivity contribution in [1.82, 2.24) is 47.9 Å². The van der Waals surface area contributed by atoms with Gasteiger partial charge in [-0.3, -0.25) is 4.79 Å². The molecular weight excluding hydrogens is 1580 g/mol. The summed E-state index contributed by atoms with van der Waals surface area (Å²) in [6, 6.07) is -0.888. The molecule has 0 aromatic carbocycles. The van der Waals surface area contributed by atoms with Crippen molar-refractivity contribution in [3.05, 3.63) is 25.3 Å². The number of esters is 3. The van der Waals surface area contributed by atoms with Gasteiger partial charge in [0.25, 0.3) is 0 Å². The molecule has 5 saturated carbocycles. The molecule has 0 heterocycles. The van der Waals surface area contributed by atoms with Gasteiger partial charge in [0.1, 0.15) is 76.3 Å². The molecule has 5 aliphatic rings. The van der Waals surface area contributed by atoms with E-state index in [1.807, 2.05) is 13.8 Å². The Bertz CT molecular complexity index is 3460. The van der Waals surface area contributed by atoms with Crippen LogP contribution >= 0.6 is 0 Å². The molecule has 5 aliphatic carbocycles. The van der Waals surface area contributed by atoms with Crippen LogP contribution in [0.25, 0.3) is 0 Å². The number of hydrogen-bond acceptors (Lipinski definition) is 24. The summed E-state index contributed by atoms with van der Waals surface area (Å²) in [5.41, 5.74) is -1.72. The zero-order valence-corrected chi connectivity index (χ0v) is 76.3. The van der Waals surface area contributed by atoms with E-state index < -0.39 is 103 Å². The molecule has 0 aliphatic heterocycles. The Morgan fingerprint density at radius 2 is 0.566 bits per heavy atom. The van der Waals surface area contributed by atoms with Crippen LogP contribution in [0.15, 0.2) is 25.3 Å². The molecule has 0 aromatic heterocycles. The van der Waals surface area contributed by atoms with Gasteiger partial charge in [-0.15, -0.1) is 0 Å². The first-order chi connectivity index (χ1) is 55.3. The van der Waals surface area contributed by atoms with Crippen LogP contribution in [0.2, 0.25) is 0 Å². The predicted octanol–water partition coefficient (Wildman–Crippen LogP) is 15.7. The van der Waals surface area contributed by atoms with Gasteiger partial charge < -0.3 is 105 Å². The minimum atomic E-state index is -0.736. The maximum atomic E-state index is 13.0. The van der Waals surface area contributed by atoms with Gasteiger partial charge in [0.15, 0.2) is 0 Å². The molecule has 0 saturated heterocycles. The molecule has 0 spiro atoms. The van der Waals surface area contributed by atoms with Gasteiger partial charge in [0, 0.05) is 76.0 Å². The predicted molar refractivity (Wildman–Crippen MR) is 462 cm³/mol. The summed E-state index contributed by atoms with van der Waals surface area (Å²) in [5.74, 6) is -0.989. The SMILES string of the molecule is C.C.C=CC(=O)OCC(C)OC(=O)CCC1(C)CC(NC(=O)OCC(C)OC(=O)NC2CC(C)(C)CC(C)(CNC(=O)OCC(C)OC(=O)NC)C2)CC(C)(C)C1.C=CC(=O)OCC(C)OC(=O)NCC1(C)CC(NC(=O)OC(C)COC(=O)NCC2(C)CC(NC(=O)OC(C)COC(=O)NCC3(C)CC(C)CC(C)(C)C3)CC(C)(C)C2)CC(C)(C)C1. The van der Waals surface area contributed by atoms with E-state index in [1.54, 1.807) is 41.5 Å². The number of carbonyl (C=O) groups excluding carboxylic acids is 12. The maximum Gasteiger partial charge on any atom is 0.407 e. The van der Waals surface area contributed by atoms with E-state index in [-0.39, 0.29) is 145 Å². The topological polar surface area (TPSA) is 424 Å².